The Balaban J connectivity index is 0.00000106. The van der Waals surface area contributed by atoms with Crippen LogP contribution in [0.1, 0.15) is 12.8 Å². The Morgan fingerprint density at radius 2 is 1.94 bits per heavy atom. The maximum atomic E-state index is 12.9. The second-order valence-corrected chi connectivity index (χ2v) is 2.73. The van der Waals surface area contributed by atoms with Gasteiger partial charge in [0, 0.05) is 11.6 Å². The maximum absolute atomic E-state index is 12.9. The van der Waals surface area contributed by atoms with Gasteiger partial charge < -0.3 is 4.74 Å². The predicted octanol–water partition coefficient (Wildman–Crippen LogP) is 3.74. The summed E-state index contributed by atoms with van der Waals surface area (Å²) in [6.07, 6.45) is 0.840. The van der Waals surface area contributed by atoms with Crippen molar-refractivity contribution in [3.8, 4) is 5.75 Å². The summed E-state index contributed by atoms with van der Waals surface area (Å²) in [4.78, 5) is 0. The molecule has 0 amide bonds. The van der Waals surface area contributed by atoms with E-state index in [1.54, 1.807) is 0 Å². The monoisotopic (exact) mass is 346 g/mol. The number of halogens is 4. The standard InChI is InChI=1S/C10H10F3O.BrH.Zn/c11-6-1-2-7-14-9-5-3-4-8(12)10(9)13;;/h4-5H,1-2,6-7H2;1H;/q-1;;+2/p-1. The number of benzene rings is 1. The molecule has 0 aliphatic heterocycles. The SMILES string of the molecule is FCCCCOc1c[c-]cc(F)c1F.[Zn+][Br]. The molecule has 1 nitrogen and oxygen atoms in total. The van der Waals surface area contributed by atoms with Crippen LogP contribution in [-0.4, -0.2) is 13.3 Å². The normalized spacial score (nSPS) is 9.38. The predicted molar refractivity (Wildman–Crippen MR) is 54.8 cm³/mol. The van der Waals surface area contributed by atoms with Crippen molar-refractivity contribution in [1.82, 2.24) is 0 Å². The molecular weight excluding hydrogens is 338 g/mol. The van der Waals surface area contributed by atoms with Gasteiger partial charge in [0.05, 0.1) is 19.1 Å². The van der Waals surface area contributed by atoms with Crippen molar-refractivity contribution in [2.45, 2.75) is 12.8 Å². The first-order chi connectivity index (χ1) is 7.75. The van der Waals surface area contributed by atoms with Crippen LogP contribution >= 0.6 is 13.6 Å². The van der Waals surface area contributed by atoms with E-state index in [0.29, 0.717) is 12.8 Å². The van der Waals surface area contributed by atoms with Crippen molar-refractivity contribution >= 4 is 13.6 Å². The van der Waals surface area contributed by atoms with Crippen LogP contribution in [0.4, 0.5) is 13.2 Å². The van der Waals surface area contributed by atoms with Crippen LogP contribution in [0.25, 0.3) is 0 Å². The number of rotatable bonds is 5. The van der Waals surface area contributed by atoms with E-state index in [9.17, 15) is 13.2 Å². The van der Waals surface area contributed by atoms with Gasteiger partial charge in [-0.15, -0.1) is 12.1 Å². The molecule has 86 valence electrons. The molecule has 6 heteroatoms. The number of unbranched alkanes of at least 4 members (excludes halogenated alkanes) is 1. The average Bonchev–Trinajstić information content (AvgIpc) is 2.32. The van der Waals surface area contributed by atoms with E-state index < -0.39 is 18.3 Å². The molecule has 0 bridgehead atoms. The first kappa shape index (κ1) is 15.9. The fraction of sp³-hybridized carbons (Fsp3) is 0.400. The molecule has 0 aliphatic carbocycles. The number of hydrogen-bond donors (Lipinski definition) is 0. The molecule has 0 atom stereocenters. The summed E-state index contributed by atoms with van der Waals surface area (Å²) in [5.74, 6) is -2.19. The van der Waals surface area contributed by atoms with Crippen molar-refractivity contribution in [3.05, 3.63) is 29.8 Å². The van der Waals surface area contributed by atoms with Crippen molar-refractivity contribution in [3.63, 3.8) is 0 Å². The fourth-order valence-electron chi connectivity index (χ4n) is 0.919. The molecule has 0 unspecified atom stereocenters. The Hall–Kier alpha value is -0.0866. The van der Waals surface area contributed by atoms with Gasteiger partial charge in [0.2, 0.25) is 0 Å². The first-order valence-corrected chi connectivity index (χ1v) is 11.5. The molecule has 1 aromatic carbocycles. The average molecular weight is 348 g/mol. The van der Waals surface area contributed by atoms with Crippen LogP contribution in [0.2, 0.25) is 0 Å². The Bertz CT molecular complexity index is 299. The van der Waals surface area contributed by atoms with E-state index in [1.807, 2.05) is 0 Å². The topological polar surface area (TPSA) is 9.23 Å². The third-order valence-corrected chi connectivity index (χ3v) is 1.64. The zero-order valence-corrected chi connectivity index (χ0v) is 13.2. The molecule has 0 aromatic heterocycles. The van der Waals surface area contributed by atoms with Gasteiger partial charge in [-0.1, -0.05) is 0 Å². The van der Waals surface area contributed by atoms with E-state index >= 15 is 0 Å². The Kier molecular flexibility index (Phi) is 10.0. The fourth-order valence-corrected chi connectivity index (χ4v) is 0.919. The number of alkyl halides is 1. The number of hydrogen-bond acceptors (Lipinski definition) is 1. The zero-order chi connectivity index (χ0) is 12.4. The minimum absolute atomic E-state index is 0.177. The van der Waals surface area contributed by atoms with E-state index in [1.165, 1.54) is 22.4 Å². The summed E-state index contributed by atoms with van der Waals surface area (Å²) >= 11 is 4.25. The van der Waals surface area contributed by atoms with E-state index in [0.717, 1.165) is 6.07 Å². The summed E-state index contributed by atoms with van der Waals surface area (Å²) in [6.45, 7) is -0.251. The molecule has 16 heavy (non-hydrogen) atoms. The summed E-state index contributed by atoms with van der Waals surface area (Å²) in [6, 6.07) is 4.51. The molecule has 1 aromatic rings. The van der Waals surface area contributed by atoms with E-state index in [2.05, 4.69) is 19.7 Å². The molecular formula is C10H10BrF3OZn. The van der Waals surface area contributed by atoms with Crippen LogP contribution in [0.3, 0.4) is 0 Å². The molecule has 1 rings (SSSR count). The van der Waals surface area contributed by atoms with Gasteiger partial charge in [0.15, 0.2) is 0 Å². The van der Waals surface area contributed by atoms with Crippen molar-refractivity contribution in [2.24, 2.45) is 0 Å². The quantitative estimate of drug-likeness (QED) is 0.447. The van der Waals surface area contributed by atoms with Crippen LogP contribution < -0.4 is 4.74 Å². The van der Waals surface area contributed by atoms with Crippen molar-refractivity contribution in [1.29, 1.82) is 0 Å². The van der Waals surface area contributed by atoms with E-state index in [4.69, 9.17) is 4.74 Å². The summed E-state index contributed by atoms with van der Waals surface area (Å²) in [5, 5.41) is 0. The summed E-state index contributed by atoms with van der Waals surface area (Å²) in [7, 11) is 0. The minimum atomic E-state index is -1.02. The second kappa shape index (κ2) is 10.1. The van der Waals surface area contributed by atoms with Gasteiger partial charge in [0.25, 0.3) is 0 Å². The van der Waals surface area contributed by atoms with Crippen LogP contribution in [-0.2, 0) is 16.3 Å². The van der Waals surface area contributed by atoms with Crippen molar-refractivity contribution < 1.29 is 34.3 Å². The van der Waals surface area contributed by atoms with Crippen LogP contribution in [0.15, 0.2) is 12.1 Å². The third kappa shape index (κ3) is 5.85. The molecule has 0 radical (unpaired) electrons. The third-order valence-electron chi connectivity index (χ3n) is 1.64. The molecule has 0 aliphatic rings. The van der Waals surface area contributed by atoms with E-state index in [-0.39, 0.29) is 12.4 Å². The van der Waals surface area contributed by atoms with Gasteiger partial charge in [0.1, 0.15) is 0 Å². The van der Waals surface area contributed by atoms with Gasteiger partial charge >= 0.3 is 30.0 Å². The number of ether oxygens (including phenoxy) is 1. The Morgan fingerprint density at radius 1 is 1.25 bits per heavy atom. The van der Waals surface area contributed by atoms with Gasteiger partial charge in [-0.25, -0.2) is 4.39 Å². The summed E-state index contributed by atoms with van der Waals surface area (Å²) < 4.78 is 42.1. The first-order valence-electron chi connectivity index (χ1n) is 4.56. The van der Waals surface area contributed by atoms with Crippen LogP contribution in [0, 0.1) is 17.7 Å². The Labute approximate surface area is 109 Å². The Morgan fingerprint density at radius 3 is 2.56 bits per heavy atom. The second-order valence-electron chi connectivity index (χ2n) is 2.73. The molecule has 0 spiro atoms. The zero-order valence-electron chi connectivity index (χ0n) is 8.61. The summed E-state index contributed by atoms with van der Waals surface area (Å²) in [5.41, 5.74) is 0. The van der Waals surface area contributed by atoms with Crippen LogP contribution in [0.5, 0.6) is 5.75 Å². The van der Waals surface area contributed by atoms with Crippen molar-refractivity contribution in [2.75, 3.05) is 13.3 Å². The van der Waals surface area contributed by atoms with Gasteiger partial charge in [-0.05, 0) is 12.8 Å². The van der Waals surface area contributed by atoms with Gasteiger partial charge in [-0.2, -0.15) is 6.07 Å². The molecule has 0 N–H and O–H groups in total. The molecule has 0 heterocycles. The molecule has 0 saturated carbocycles. The molecule has 0 fully saturated rings. The molecule has 0 saturated heterocycles. The van der Waals surface area contributed by atoms with Gasteiger partial charge in [-0.3, -0.25) is 8.78 Å².